The molecule has 0 aliphatic carbocycles. The second-order valence-corrected chi connectivity index (χ2v) is 7.34. The SMILES string of the molecule is FC(F)(F)c1ccc2nc(-c3ccccc3)n(-c3ccc4c(c3)SCN4)c2n1. The topological polar surface area (TPSA) is 42.7 Å². The molecule has 2 aromatic carbocycles. The number of alkyl halides is 3. The molecular weight excluding hydrogens is 385 g/mol. The van der Waals surface area contributed by atoms with Crippen molar-refractivity contribution in [1.29, 1.82) is 0 Å². The molecule has 0 atom stereocenters. The van der Waals surface area contributed by atoms with Crippen molar-refractivity contribution in [3.63, 3.8) is 0 Å². The van der Waals surface area contributed by atoms with Gasteiger partial charge in [0.05, 0.1) is 11.6 Å². The Balaban J connectivity index is 1.81. The predicted molar refractivity (Wildman–Crippen MR) is 104 cm³/mol. The molecule has 28 heavy (non-hydrogen) atoms. The van der Waals surface area contributed by atoms with Crippen LogP contribution in [-0.4, -0.2) is 20.4 Å². The molecule has 8 heteroatoms. The van der Waals surface area contributed by atoms with Crippen LogP contribution in [0.3, 0.4) is 0 Å². The average molecular weight is 398 g/mol. The third kappa shape index (κ3) is 2.80. The molecule has 1 N–H and O–H groups in total. The quantitative estimate of drug-likeness (QED) is 0.479. The number of aromatic nitrogens is 3. The van der Waals surface area contributed by atoms with E-state index in [0.717, 1.165) is 33.8 Å². The van der Waals surface area contributed by atoms with Gasteiger partial charge in [0.15, 0.2) is 5.65 Å². The number of fused-ring (bicyclic) bond motifs is 2. The largest absolute Gasteiger partial charge is 0.433 e. The third-order valence-electron chi connectivity index (χ3n) is 4.54. The van der Waals surface area contributed by atoms with E-state index < -0.39 is 11.9 Å². The van der Waals surface area contributed by atoms with Crippen LogP contribution in [-0.2, 0) is 6.18 Å². The fraction of sp³-hybridized carbons (Fsp3) is 0.100. The molecule has 0 spiro atoms. The molecule has 0 bridgehead atoms. The zero-order valence-corrected chi connectivity index (χ0v) is 15.2. The highest BCUT2D eigenvalue weighted by molar-refractivity contribution is 7.99. The maximum absolute atomic E-state index is 13.3. The van der Waals surface area contributed by atoms with Crippen LogP contribution in [0.25, 0.3) is 28.2 Å². The van der Waals surface area contributed by atoms with Gasteiger partial charge in [-0.25, -0.2) is 9.97 Å². The van der Waals surface area contributed by atoms with E-state index in [0.29, 0.717) is 11.3 Å². The summed E-state index contributed by atoms with van der Waals surface area (Å²) in [6, 6.07) is 17.5. The van der Waals surface area contributed by atoms with Crippen molar-refractivity contribution in [2.24, 2.45) is 0 Å². The fourth-order valence-electron chi connectivity index (χ4n) is 3.25. The molecule has 0 saturated carbocycles. The van der Waals surface area contributed by atoms with E-state index in [1.165, 1.54) is 6.07 Å². The number of pyridine rings is 1. The van der Waals surface area contributed by atoms with Gasteiger partial charge in [-0.15, -0.1) is 11.8 Å². The minimum Gasteiger partial charge on any atom is -0.375 e. The predicted octanol–water partition coefficient (Wildman–Crippen LogP) is 5.58. The Morgan fingerprint density at radius 2 is 1.79 bits per heavy atom. The van der Waals surface area contributed by atoms with Gasteiger partial charge >= 0.3 is 6.18 Å². The van der Waals surface area contributed by atoms with E-state index in [-0.39, 0.29) is 5.65 Å². The van der Waals surface area contributed by atoms with E-state index in [1.54, 1.807) is 16.3 Å². The second-order valence-electron chi connectivity index (χ2n) is 6.32. The molecule has 1 aliphatic heterocycles. The Morgan fingerprint density at radius 1 is 0.964 bits per heavy atom. The number of anilines is 1. The van der Waals surface area contributed by atoms with Crippen LogP contribution < -0.4 is 5.32 Å². The number of hydrogen-bond donors (Lipinski definition) is 1. The Hall–Kier alpha value is -3.00. The first kappa shape index (κ1) is 17.1. The lowest BCUT2D eigenvalue weighted by atomic mass is 10.2. The Labute approximate surface area is 162 Å². The molecule has 3 heterocycles. The summed E-state index contributed by atoms with van der Waals surface area (Å²) in [6.45, 7) is 0. The van der Waals surface area contributed by atoms with Crippen molar-refractivity contribution in [2.75, 3.05) is 11.2 Å². The summed E-state index contributed by atoms with van der Waals surface area (Å²) in [6.07, 6.45) is -4.52. The molecule has 140 valence electrons. The monoisotopic (exact) mass is 398 g/mol. The van der Waals surface area contributed by atoms with Crippen LogP contribution >= 0.6 is 11.8 Å². The molecule has 0 saturated heterocycles. The van der Waals surface area contributed by atoms with Crippen molar-refractivity contribution < 1.29 is 13.2 Å². The maximum Gasteiger partial charge on any atom is 0.433 e. The van der Waals surface area contributed by atoms with Crippen molar-refractivity contribution in [1.82, 2.24) is 14.5 Å². The first-order chi connectivity index (χ1) is 13.5. The molecule has 1 aliphatic rings. The summed E-state index contributed by atoms with van der Waals surface area (Å²) in [7, 11) is 0. The molecular formula is C20H13F3N4S. The molecule has 5 rings (SSSR count). The first-order valence-electron chi connectivity index (χ1n) is 8.54. The van der Waals surface area contributed by atoms with E-state index in [9.17, 15) is 13.2 Å². The normalized spacial score (nSPS) is 13.5. The number of nitrogens with zero attached hydrogens (tertiary/aromatic N) is 3. The summed E-state index contributed by atoms with van der Waals surface area (Å²) < 4.78 is 41.5. The Bertz CT molecular complexity index is 1190. The van der Waals surface area contributed by atoms with Gasteiger partial charge in [-0.2, -0.15) is 13.2 Å². The maximum atomic E-state index is 13.3. The lowest BCUT2D eigenvalue weighted by Gasteiger charge is -2.11. The summed E-state index contributed by atoms with van der Waals surface area (Å²) in [5, 5.41) is 3.26. The summed E-state index contributed by atoms with van der Waals surface area (Å²) in [5.74, 6) is 1.32. The Kier molecular flexibility index (Phi) is 3.83. The van der Waals surface area contributed by atoms with E-state index in [1.807, 2.05) is 48.5 Å². The molecule has 0 amide bonds. The number of thioether (sulfide) groups is 1. The zero-order chi connectivity index (χ0) is 19.3. The van der Waals surface area contributed by atoms with Gasteiger partial charge in [0.25, 0.3) is 0 Å². The van der Waals surface area contributed by atoms with Gasteiger partial charge in [0, 0.05) is 16.1 Å². The number of halogens is 3. The smallest absolute Gasteiger partial charge is 0.375 e. The molecule has 0 radical (unpaired) electrons. The van der Waals surface area contributed by atoms with Crippen LogP contribution in [0.4, 0.5) is 18.9 Å². The van der Waals surface area contributed by atoms with Crippen molar-refractivity contribution >= 4 is 28.6 Å². The van der Waals surface area contributed by atoms with Crippen molar-refractivity contribution in [3.05, 3.63) is 66.4 Å². The van der Waals surface area contributed by atoms with Crippen LogP contribution in [0, 0.1) is 0 Å². The van der Waals surface area contributed by atoms with Gasteiger partial charge in [0.2, 0.25) is 0 Å². The first-order valence-corrected chi connectivity index (χ1v) is 9.52. The summed E-state index contributed by atoms with van der Waals surface area (Å²) in [4.78, 5) is 9.55. The van der Waals surface area contributed by atoms with Crippen LogP contribution in [0.1, 0.15) is 5.69 Å². The molecule has 0 fully saturated rings. The van der Waals surface area contributed by atoms with Gasteiger partial charge < -0.3 is 5.32 Å². The fourth-order valence-corrected chi connectivity index (χ4v) is 4.13. The van der Waals surface area contributed by atoms with Gasteiger partial charge in [-0.3, -0.25) is 4.57 Å². The minimum absolute atomic E-state index is 0.185. The molecule has 0 unspecified atom stereocenters. The zero-order valence-electron chi connectivity index (χ0n) is 14.4. The highest BCUT2D eigenvalue weighted by Gasteiger charge is 2.33. The number of hydrogen-bond acceptors (Lipinski definition) is 4. The summed E-state index contributed by atoms with van der Waals surface area (Å²) >= 11 is 1.65. The molecule has 2 aromatic heterocycles. The van der Waals surface area contributed by atoms with E-state index in [4.69, 9.17) is 0 Å². The van der Waals surface area contributed by atoms with Gasteiger partial charge in [0.1, 0.15) is 17.0 Å². The Morgan fingerprint density at radius 3 is 2.57 bits per heavy atom. The average Bonchev–Trinajstić information content (AvgIpc) is 3.31. The summed E-state index contributed by atoms with van der Waals surface area (Å²) in [5.41, 5.74) is 2.22. The highest BCUT2D eigenvalue weighted by Crippen LogP contribution is 2.37. The van der Waals surface area contributed by atoms with Gasteiger partial charge in [-0.05, 0) is 30.3 Å². The second kappa shape index (κ2) is 6.27. The third-order valence-corrected chi connectivity index (χ3v) is 5.48. The van der Waals surface area contributed by atoms with Crippen LogP contribution in [0.2, 0.25) is 0 Å². The standard InChI is InChI=1S/C20H13F3N4S/c21-20(22,23)17-9-8-15-19(26-17)27(18(25-15)12-4-2-1-3-5-12)13-6-7-14-16(10-13)28-11-24-14/h1-10,24H,11H2. The molecule has 4 nitrogen and oxygen atoms in total. The van der Waals surface area contributed by atoms with E-state index >= 15 is 0 Å². The van der Waals surface area contributed by atoms with E-state index in [2.05, 4.69) is 15.3 Å². The lowest BCUT2D eigenvalue weighted by Crippen LogP contribution is -2.08. The highest BCUT2D eigenvalue weighted by atomic mass is 32.2. The number of benzene rings is 2. The van der Waals surface area contributed by atoms with Crippen molar-refractivity contribution in [2.45, 2.75) is 11.1 Å². The van der Waals surface area contributed by atoms with Gasteiger partial charge in [-0.1, -0.05) is 30.3 Å². The number of imidazole rings is 1. The lowest BCUT2D eigenvalue weighted by molar-refractivity contribution is -0.141. The minimum atomic E-state index is -4.52. The van der Waals surface area contributed by atoms with Crippen molar-refractivity contribution in [3.8, 4) is 17.1 Å². The van der Waals surface area contributed by atoms with Crippen LogP contribution in [0.15, 0.2) is 65.6 Å². The van der Waals surface area contributed by atoms with Crippen LogP contribution in [0.5, 0.6) is 0 Å². The number of rotatable bonds is 2. The number of nitrogens with one attached hydrogen (secondary N) is 1. The molecule has 4 aromatic rings.